The highest BCUT2D eigenvalue weighted by molar-refractivity contribution is 5.88. The Bertz CT molecular complexity index is 951. The van der Waals surface area contributed by atoms with E-state index in [1.165, 1.54) is 0 Å². The van der Waals surface area contributed by atoms with E-state index in [1.807, 2.05) is 69.3 Å². The van der Waals surface area contributed by atoms with Gasteiger partial charge in [0.25, 0.3) is 5.91 Å². The fourth-order valence-corrected chi connectivity index (χ4v) is 3.76. The minimum absolute atomic E-state index is 0.0326. The van der Waals surface area contributed by atoms with E-state index >= 15 is 0 Å². The molecule has 6 heteroatoms. The van der Waals surface area contributed by atoms with Crippen molar-refractivity contribution >= 4 is 11.8 Å². The van der Waals surface area contributed by atoms with Crippen LogP contribution in [0.2, 0.25) is 0 Å². The molecule has 0 heterocycles. The number of ether oxygens (including phenoxy) is 2. The number of benzene rings is 2. The van der Waals surface area contributed by atoms with E-state index in [2.05, 4.69) is 26.1 Å². The Labute approximate surface area is 204 Å². The van der Waals surface area contributed by atoms with Gasteiger partial charge in [-0.25, -0.2) is 0 Å². The SMILES string of the molecule is CCC(C)NC(=O)C(CC)N(Cc1cccc(OC)c1)C(=O)COc1ccccc1C(C)(C)C. The monoisotopic (exact) mass is 468 g/mol. The second-order valence-corrected chi connectivity index (χ2v) is 9.65. The maximum Gasteiger partial charge on any atom is 0.261 e. The minimum atomic E-state index is -0.603. The van der Waals surface area contributed by atoms with Crippen LogP contribution in [-0.2, 0) is 21.5 Å². The van der Waals surface area contributed by atoms with Crippen LogP contribution in [0.5, 0.6) is 11.5 Å². The zero-order chi connectivity index (χ0) is 25.3. The minimum Gasteiger partial charge on any atom is -0.497 e. The van der Waals surface area contributed by atoms with Crippen molar-refractivity contribution in [3.8, 4) is 11.5 Å². The average molecular weight is 469 g/mol. The van der Waals surface area contributed by atoms with Gasteiger partial charge in [-0.3, -0.25) is 9.59 Å². The molecule has 2 aromatic carbocycles. The predicted octanol–water partition coefficient (Wildman–Crippen LogP) is 5.09. The lowest BCUT2D eigenvalue weighted by atomic mass is 9.86. The molecule has 2 amide bonds. The maximum atomic E-state index is 13.5. The van der Waals surface area contributed by atoms with Gasteiger partial charge in [0, 0.05) is 12.6 Å². The molecule has 1 N–H and O–H groups in total. The third-order valence-corrected chi connectivity index (χ3v) is 5.92. The zero-order valence-corrected chi connectivity index (χ0v) is 21.7. The molecule has 2 aromatic rings. The van der Waals surface area contributed by atoms with E-state index in [4.69, 9.17) is 9.47 Å². The molecule has 2 unspecified atom stereocenters. The van der Waals surface area contributed by atoms with Crippen molar-refractivity contribution in [1.29, 1.82) is 0 Å². The van der Waals surface area contributed by atoms with E-state index < -0.39 is 6.04 Å². The topological polar surface area (TPSA) is 67.9 Å². The molecule has 0 bridgehead atoms. The van der Waals surface area contributed by atoms with Gasteiger partial charge in [0.05, 0.1) is 7.11 Å². The lowest BCUT2D eigenvalue weighted by Gasteiger charge is -2.31. The van der Waals surface area contributed by atoms with Crippen LogP contribution in [0.25, 0.3) is 0 Å². The van der Waals surface area contributed by atoms with Crippen molar-refractivity contribution in [2.24, 2.45) is 0 Å². The van der Waals surface area contributed by atoms with Crippen molar-refractivity contribution in [2.75, 3.05) is 13.7 Å². The molecule has 2 rings (SSSR count). The molecule has 0 aromatic heterocycles. The standard InChI is InChI=1S/C28H40N2O4/c1-8-20(3)29-27(32)24(9-2)30(18-21-13-12-14-22(17-21)33-7)26(31)19-34-25-16-11-10-15-23(25)28(4,5)6/h10-17,20,24H,8-9,18-19H2,1-7H3,(H,29,32). The lowest BCUT2D eigenvalue weighted by Crippen LogP contribution is -2.51. The van der Waals surface area contributed by atoms with Crippen molar-refractivity contribution in [2.45, 2.75) is 78.4 Å². The van der Waals surface area contributed by atoms with Crippen LogP contribution in [0, 0.1) is 0 Å². The number of carbonyl (C=O) groups is 2. The molecule has 0 spiro atoms. The number of amides is 2. The summed E-state index contributed by atoms with van der Waals surface area (Å²) < 4.78 is 11.4. The third-order valence-electron chi connectivity index (χ3n) is 5.92. The third kappa shape index (κ3) is 7.51. The molecule has 0 aliphatic heterocycles. The van der Waals surface area contributed by atoms with Crippen molar-refractivity contribution in [3.05, 3.63) is 59.7 Å². The number of para-hydroxylation sites is 1. The fourth-order valence-electron chi connectivity index (χ4n) is 3.76. The van der Waals surface area contributed by atoms with Crippen molar-refractivity contribution in [3.63, 3.8) is 0 Å². The van der Waals surface area contributed by atoms with Gasteiger partial charge in [-0.05, 0) is 54.5 Å². The number of methoxy groups -OCH3 is 1. The quantitative estimate of drug-likeness (QED) is 0.499. The molecular formula is C28H40N2O4. The highest BCUT2D eigenvalue weighted by Gasteiger charge is 2.30. The Morgan fingerprint density at radius 2 is 1.74 bits per heavy atom. The molecule has 2 atom stereocenters. The van der Waals surface area contributed by atoms with E-state index in [1.54, 1.807) is 12.0 Å². The zero-order valence-electron chi connectivity index (χ0n) is 21.7. The normalized spacial score (nSPS) is 13.0. The van der Waals surface area contributed by atoms with Gasteiger partial charge >= 0.3 is 0 Å². The van der Waals surface area contributed by atoms with Gasteiger partial charge in [-0.15, -0.1) is 0 Å². The van der Waals surface area contributed by atoms with Gasteiger partial charge in [-0.2, -0.15) is 0 Å². The van der Waals surface area contributed by atoms with Gasteiger partial charge in [0.1, 0.15) is 17.5 Å². The average Bonchev–Trinajstić information content (AvgIpc) is 2.81. The number of carbonyl (C=O) groups excluding carboxylic acids is 2. The second kappa shape index (κ2) is 12.4. The maximum absolute atomic E-state index is 13.5. The van der Waals surface area contributed by atoms with E-state index in [0.717, 1.165) is 17.5 Å². The first-order chi connectivity index (χ1) is 16.1. The Morgan fingerprint density at radius 1 is 1.03 bits per heavy atom. The first-order valence-electron chi connectivity index (χ1n) is 12.1. The van der Waals surface area contributed by atoms with Crippen molar-refractivity contribution < 1.29 is 19.1 Å². The molecular weight excluding hydrogens is 428 g/mol. The lowest BCUT2D eigenvalue weighted by molar-refractivity contribution is -0.143. The summed E-state index contributed by atoms with van der Waals surface area (Å²) in [7, 11) is 1.61. The van der Waals surface area contributed by atoms with Crippen LogP contribution in [0.1, 0.15) is 65.5 Å². The molecule has 0 aliphatic rings. The first-order valence-corrected chi connectivity index (χ1v) is 12.1. The van der Waals surface area contributed by atoms with Gasteiger partial charge in [0.2, 0.25) is 5.91 Å². The van der Waals surface area contributed by atoms with Crippen molar-refractivity contribution in [1.82, 2.24) is 10.2 Å². The van der Waals surface area contributed by atoms with E-state index in [9.17, 15) is 9.59 Å². The smallest absolute Gasteiger partial charge is 0.261 e. The summed E-state index contributed by atoms with van der Waals surface area (Å²) in [6.45, 7) is 12.4. The highest BCUT2D eigenvalue weighted by Crippen LogP contribution is 2.31. The molecule has 186 valence electrons. The summed E-state index contributed by atoms with van der Waals surface area (Å²) in [4.78, 5) is 28.2. The summed E-state index contributed by atoms with van der Waals surface area (Å²) in [5.41, 5.74) is 1.79. The second-order valence-electron chi connectivity index (χ2n) is 9.65. The Morgan fingerprint density at radius 3 is 2.35 bits per heavy atom. The number of hydrogen-bond donors (Lipinski definition) is 1. The summed E-state index contributed by atoms with van der Waals surface area (Å²) in [6, 6.07) is 14.7. The highest BCUT2D eigenvalue weighted by atomic mass is 16.5. The Hall–Kier alpha value is -3.02. The largest absolute Gasteiger partial charge is 0.497 e. The summed E-state index contributed by atoms with van der Waals surface area (Å²) in [5.74, 6) is 1.00. The molecule has 0 saturated heterocycles. The Kier molecular flexibility index (Phi) is 9.97. The number of hydrogen-bond acceptors (Lipinski definition) is 4. The fraction of sp³-hybridized carbons (Fsp3) is 0.500. The summed E-state index contributed by atoms with van der Waals surface area (Å²) >= 11 is 0. The Balaban J connectivity index is 2.30. The van der Waals surface area contributed by atoms with Gasteiger partial charge in [0.15, 0.2) is 6.61 Å². The number of nitrogens with one attached hydrogen (secondary N) is 1. The molecule has 0 saturated carbocycles. The first kappa shape index (κ1) is 27.2. The van der Waals surface area contributed by atoms with E-state index in [0.29, 0.717) is 17.9 Å². The van der Waals surface area contributed by atoms with E-state index in [-0.39, 0.29) is 36.4 Å². The van der Waals surface area contributed by atoms with Crippen LogP contribution in [0.4, 0.5) is 0 Å². The molecule has 0 radical (unpaired) electrons. The molecule has 6 nitrogen and oxygen atoms in total. The summed E-state index contributed by atoms with van der Waals surface area (Å²) in [5, 5.41) is 3.03. The van der Waals surface area contributed by atoms with Crippen LogP contribution in [-0.4, -0.2) is 42.5 Å². The molecule has 0 fully saturated rings. The van der Waals surface area contributed by atoms with Crippen LogP contribution in [0.3, 0.4) is 0 Å². The predicted molar refractivity (Wildman–Crippen MR) is 136 cm³/mol. The van der Waals surface area contributed by atoms with Gasteiger partial charge < -0.3 is 19.7 Å². The summed E-state index contributed by atoms with van der Waals surface area (Å²) in [6.07, 6.45) is 1.31. The molecule has 34 heavy (non-hydrogen) atoms. The van der Waals surface area contributed by atoms with Crippen LogP contribution in [0.15, 0.2) is 48.5 Å². The number of rotatable bonds is 11. The van der Waals surface area contributed by atoms with Crippen LogP contribution < -0.4 is 14.8 Å². The van der Waals surface area contributed by atoms with Gasteiger partial charge in [-0.1, -0.05) is 65.0 Å². The number of nitrogens with zero attached hydrogens (tertiary/aromatic N) is 1. The molecule has 0 aliphatic carbocycles. The van der Waals surface area contributed by atoms with Crippen LogP contribution >= 0.6 is 0 Å².